The second-order valence-corrected chi connectivity index (χ2v) is 10.9. The van der Waals surface area contributed by atoms with E-state index < -0.39 is 9.84 Å². The summed E-state index contributed by atoms with van der Waals surface area (Å²) in [6.07, 6.45) is 0. The molecule has 1 aliphatic rings. The van der Waals surface area contributed by atoms with Gasteiger partial charge in [-0.2, -0.15) is 4.98 Å². The van der Waals surface area contributed by atoms with E-state index >= 15 is 0 Å². The van der Waals surface area contributed by atoms with Crippen molar-refractivity contribution >= 4 is 27.3 Å². The van der Waals surface area contributed by atoms with Gasteiger partial charge in [-0.25, -0.2) is 8.42 Å². The predicted molar refractivity (Wildman–Crippen MR) is 138 cm³/mol. The van der Waals surface area contributed by atoms with Crippen LogP contribution in [0.3, 0.4) is 0 Å². The third kappa shape index (κ3) is 4.98. The van der Waals surface area contributed by atoms with E-state index in [1.54, 1.807) is 36.4 Å². The Kier molecular flexibility index (Phi) is 6.65. The molecule has 2 heterocycles. The Bertz CT molecular complexity index is 1410. The Balaban J connectivity index is 1.48. The minimum atomic E-state index is -3.90. The first kappa shape index (κ1) is 23.6. The van der Waals surface area contributed by atoms with Crippen LogP contribution in [-0.4, -0.2) is 44.5 Å². The number of benzene rings is 3. The SMILES string of the molecule is Cc1ccc(S(=O)(=O)c2nc(-c3ccccc3Cl)oc2N2CCN(Cc3ccccc3)CC2)cc1. The van der Waals surface area contributed by atoms with Gasteiger partial charge in [0.1, 0.15) is 0 Å². The molecule has 0 spiro atoms. The number of sulfone groups is 1. The summed E-state index contributed by atoms with van der Waals surface area (Å²) in [6, 6.07) is 24.2. The zero-order valence-electron chi connectivity index (χ0n) is 19.4. The van der Waals surface area contributed by atoms with Crippen LogP contribution in [0.5, 0.6) is 0 Å². The molecule has 8 heteroatoms. The Morgan fingerprint density at radius 3 is 2.23 bits per heavy atom. The Morgan fingerprint density at radius 1 is 0.886 bits per heavy atom. The highest BCUT2D eigenvalue weighted by Crippen LogP contribution is 2.37. The maximum absolute atomic E-state index is 13.7. The number of aromatic nitrogens is 1. The number of halogens is 1. The van der Waals surface area contributed by atoms with E-state index in [1.807, 2.05) is 42.2 Å². The first-order chi connectivity index (χ1) is 16.9. The van der Waals surface area contributed by atoms with E-state index in [-0.39, 0.29) is 21.7 Å². The maximum Gasteiger partial charge on any atom is 0.236 e. The van der Waals surface area contributed by atoms with Gasteiger partial charge in [-0.15, -0.1) is 0 Å². The smallest absolute Gasteiger partial charge is 0.236 e. The molecule has 1 fully saturated rings. The standard InChI is InChI=1S/C27H26ClN3O3S/c1-20-11-13-22(14-12-20)35(32,33)26-27(34-25(29-26)23-9-5-6-10-24(23)28)31-17-15-30(16-18-31)19-21-7-3-2-4-8-21/h2-14H,15-19H2,1H3. The summed E-state index contributed by atoms with van der Waals surface area (Å²) in [7, 11) is -3.90. The molecule has 6 nitrogen and oxygen atoms in total. The monoisotopic (exact) mass is 507 g/mol. The summed E-state index contributed by atoms with van der Waals surface area (Å²) < 4.78 is 33.4. The van der Waals surface area contributed by atoms with E-state index in [0.717, 1.165) is 25.2 Å². The molecule has 0 radical (unpaired) electrons. The second kappa shape index (κ2) is 9.85. The molecule has 35 heavy (non-hydrogen) atoms. The van der Waals surface area contributed by atoms with Crippen molar-refractivity contribution in [1.82, 2.24) is 9.88 Å². The third-order valence-corrected chi connectivity index (χ3v) is 8.18. The van der Waals surface area contributed by atoms with Crippen LogP contribution < -0.4 is 4.90 Å². The maximum atomic E-state index is 13.7. The van der Waals surface area contributed by atoms with Crippen molar-refractivity contribution < 1.29 is 12.8 Å². The molecule has 0 bridgehead atoms. The summed E-state index contributed by atoms with van der Waals surface area (Å²) in [6.45, 7) is 5.58. The second-order valence-electron chi connectivity index (χ2n) is 8.67. The van der Waals surface area contributed by atoms with E-state index in [1.165, 1.54) is 5.56 Å². The Hall–Kier alpha value is -3.13. The van der Waals surface area contributed by atoms with Crippen molar-refractivity contribution in [2.75, 3.05) is 31.1 Å². The van der Waals surface area contributed by atoms with Crippen molar-refractivity contribution in [3.05, 3.63) is 95.0 Å². The van der Waals surface area contributed by atoms with E-state index in [0.29, 0.717) is 23.7 Å². The average Bonchev–Trinajstić information content (AvgIpc) is 3.32. The van der Waals surface area contributed by atoms with Crippen LogP contribution in [-0.2, 0) is 16.4 Å². The van der Waals surface area contributed by atoms with Crippen molar-refractivity contribution in [3.8, 4) is 11.5 Å². The lowest BCUT2D eigenvalue weighted by atomic mass is 10.2. The summed E-state index contributed by atoms with van der Waals surface area (Å²) >= 11 is 6.38. The van der Waals surface area contributed by atoms with E-state index in [2.05, 4.69) is 22.0 Å². The number of anilines is 1. The van der Waals surface area contributed by atoms with E-state index in [9.17, 15) is 8.42 Å². The van der Waals surface area contributed by atoms with Gasteiger partial charge in [0.25, 0.3) is 0 Å². The minimum absolute atomic E-state index is 0.0761. The summed E-state index contributed by atoms with van der Waals surface area (Å²) in [4.78, 5) is 8.99. The number of rotatable bonds is 6. The van der Waals surface area contributed by atoms with Crippen LogP contribution in [0.4, 0.5) is 5.88 Å². The first-order valence-electron chi connectivity index (χ1n) is 11.5. The molecule has 0 atom stereocenters. The lowest BCUT2D eigenvalue weighted by Crippen LogP contribution is -2.46. The topological polar surface area (TPSA) is 66.7 Å². The van der Waals surface area contributed by atoms with Crippen LogP contribution >= 0.6 is 11.6 Å². The van der Waals surface area contributed by atoms with Gasteiger partial charge in [-0.3, -0.25) is 4.90 Å². The van der Waals surface area contributed by atoms with Crippen molar-refractivity contribution in [1.29, 1.82) is 0 Å². The molecule has 3 aromatic carbocycles. The van der Waals surface area contributed by atoms with Gasteiger partial charge < -0.3 is 9.32 Å². The number of hydrogen-bond acceptors (Lipinski definition) is 6. The minimum Gasteiger partial charge on any atom is -0.419 e. The Labute approximate surface area is 210 Å². The molecule has 0 aliphatic carbocycles. The lowest BCUT2D eigenvalue weighted by Gasteiger charge is -2.34. The molecule has 180 valence electrons. The van der Waals surface area contributed by atoms with Crippen molar-refractivity contribution in [3.63, 3.8) is 0 Å². The number of oxazole rings is 1. The van der Waals surface area contributed by atoms with Crippen molar-refractivity contribution in [2.24, 2.45) is 0 Å². The fourth-order valence-electron chi connectivity index (χ4n) is 4.20. The van der Waals surface area contributed by atoms with Gasteiger partial charge in [0, 0.05) is 32.7 Å². The molecule has 0 saturated carbocycles. The predicted octanol–water partition coefficient (Wildman–Crippen LogP) is 5.46. The molecular formula is C27H26ClN3O3S. The van der Waals surface area contributed by atoms with Gasteiger partial charge in [0.05, 0.1) is 15.5 Å². The molecule has 0 unspecified atom stereocenters. The molecule has 1 saturated heterocycles. The molecule has 4 aromatic rings. The van der Waals surface area contributed by atoms with Crippen molar-refractivity contribution in [2.45, 2.75) is 23.4 Å². The quantitative estimate of drug-likeness (QED) is 0.345. The van der Waals surface area contributed by atoms with Gasteiger partial charge in [0.2, 0.25) is 26.6 Å². The highest BCUT2D eigenvalue weighted by Gasteiger charge is 2.33. The third-order valence-electron chi connectivity index (χ3n) is 6.18. The fraction of sp³-hybridized carbons (Fsp3) is 0.222. The Morgan fingerprint density at radius 2 is 1.54 bits per heavy atom. The normalized spacial score (nSPS) is 14.9. The average molecular weight is 508 g/mol. The summed E-state index contributed by atoms with van der Waals surface area (Å²) in [5, 5.41) is 0.375. The highest BCUT2D eigenvalue weighted by atomic mass is 35.5. The van der Waals surface area contributed by atoms with Gasteiger partial charge in [0.15, 0.2) is 0 Å². The zero-order chi connectivity index (χ0) is 24.4. The molecule has 0 amide bonds. The largest absolute Gasteiger partial charge is 0.419 e. The first-order valence-corrected chi connectivity index (χ1v) is 13.4. The number of piperazine rings is 1. The van der Waals surface area contributed by atoms with Crippen LogP contribution in [0, 0.1) is 6.92 Å². The van der Waals surface area contributed by atoms with Crippen LogP contribution in [0.15, 0.2) is 93.2 Å². The molecule has 1 aromatic heterocycles. The fourth-order valence-corrected chi connectivity index (χ4v) is 5.74. The van der Waals surface area contributed by atoms with Gasteiger partial charge >= 0.3 is 0 Å². The van der Waals surface area contributed by atoms with Crippen LogP contribution in [0.1, 0.15) is 11.1 Å². The zero-order valence-corrected chi connectivity index (χ0v) is 21.0. The van der Waals surface area contributed by atoms with Gasteiger partial charge in [-0.05, 0) is 36.8 Å². The molecule has 5 rings (SSSR count). The summed E-state index contributed by atoms with van der Waals surface area (Å²) in [5.41, 5.74) is 2.79. The molecular weight excluding hydrogens is 482 g/mol. The number of nitrogens with zero attached hydrogens (tertiary/aromatic N) is 3. The van der Waals surface area contributed by atoms with Crippen LogP contribution in [0.2, 0.25) is 5.02 Å². The summed E-state index contributed by atoms with van der Waals surface area (Å²) in [5.74, 6) is 0.461. The number of hydrogen-bond donors (Lipinski definition) is 0. The lowest BCUT2D eigenvalue weighted by molar-refractivity contribution is 0.245. The van der Waals surface area contributed by atoms with Crippen LogP contribution in [0.25, 0.3) is 11.5 Å². The van der Waals surface area contributed by atoms with Gasteiger partial charge in [-0.1, -0.05) is 71.8 Å². The molecule has 1 aliphatic heterocycles. The molecule has 0 N–H and O–H groups in total. The van der Waals surface area contributed by atoms with E-state index in [4.69, 9.17) is 16.0 Å². The number of aryl methyl sites for hydroxylation is 1. The highest BCUT2D eigenvalue weighted by molar-refractivity contribution is 7.91.